The molecule has 230 valence electrons. The van der Waals surface area contributed by atoms with Crippen LogP contribution < -0.4 is 4.90 Å². The van der Waals surface area contributed by atoms with E-state index in [0.717, 1.165) is 43.9 Å². The van der Waals surface area contributed by atoms with Gasteiger partial charge in [-0.05, 0) is 104 Å². The van der Waals surface area contributed by atoms with Crippen LogP contribution in [0.2, 0.25) is 6.32 Å². The number of benzene rings is 3. The Morgan fingerprint density at radius 1 is 1.02 bits per heavy atom. The number of hydrogen-bond donors (Lipinski definition) is 2. The smallest absolute Gasteiger partial charge is 0.455 e. The van der Waals surface area contributed by atoms with E-state index in [-0.39, 0.29) is 35.3 Å². The van der Waals surface area contributed by atoms with Gasteiger partial charge in [0.25, 0.3) is 5.69 Å². The zero-order valence-electron chi connectivity index (χ0n) is 25.5. The van der Waals surface area contributed by atoms with E-state index in [4.69, 9.17) is 4.65 Å². The van der Waals surface area contributed by atoms with Gasteiger partial charge in [-0.3, -0.25) is 19.7 Å². The number of nitro groups is 1. The Kier molecular flexibility index (Phi) is 8.20. The van der Waals surface area contributed by atoms with Gasteiger partial charge in [0.1, 0.15) is 5.75 Å². The molecule has 0 saturated carbocycles. The second kappa shape index (κ2) is 12.1. The summed E-state index contributed by atoms with van der Waals surface area (Å²) < 4.78 is 6.13. The Bertz CT molecular complexity index is 1730. The number of fused-ring (bicyclic) bond motifs is 3. The van der Waals surface area contributed by atoms with E-state index in [9.17, 15) is 29.8 Å². The van der Waals surface area contributed by atoms with Gasteiger partial charge in [0, 0.05) is 12.1 Å². The number of aromatic hydroxyl groups is 1. The molecule has 2 heterocycles. The van der Waals surface area contributed by atoms with E-state index in [1.807, 2.05) is 63.2 Å². The number of non-ortho nitro benzene ring substituents is 1. The fourth-order valence-corrected chi connectivity index (χ4v) is 7.43. The van der Waals surface area contributed by atoms with Crippen molar-refractivity contribution in [3.63, 3.8) is 0 Å². The van der Waals surface area contributed by atoms with Crippen LogP contribution in [-0.4, -0.2) is 40.1 Å². The molecule has 3 aliphatic rings. The molecule has 2 aliphatic heterocycles. The summed E-state index contributed by atoms with van der Waals surface area (Å²) in [5.74, 6) is -2.14. The lowest BCUT2D eigenvalue weighted by molar-refractivity contribution is -0.384. The molecule has 10 heteroatoms. The average molecular weight is 606 g/mol. The summed E-state index contributed by atoms with van der Waals surface area (Å²) >= 11 is 0. The number of carbonyl (C=O) groups is 2. The lowest BCUT2D eigenvalue weighted by atomic mass is 9.58. The molecule has 3 aromatic rings. The predicted octanol–water partition coefficient (Wildman–Crippen LogP) is 6.26. The highest BCUT2D eigenvalue weighted by Gasteiger charge is 2.57. The molecule has 9 nitrogen and oxygen atoms in total. The van der Waals surface area contributed by atoms with Crippen LogP contribution in [0.25, 0.3) is 11.6 Å². The van der Waals surface area contributed by atoms with Crippen molar-refractivity contribution in [2.45, 2.75) is 52.5 Å². The maximum absolute atomic E-state index is 13.9. The summed E-state index contributed by atoms with van der Waals surface area (Å²) in [5, 5.41) is 32.6. The second-order valence-corrected chi connectivity index (χ2v) is 12.4. The number of rotatable bonds is 7. The first-order chi connectivity index (χ1) is 21.5. The number of nitro benzene ring substituents is 1. The van der Waals surface area contributed by atoms with Crippen molar-refractivity contribution < 1.29 is 29.3 Å². The van der Waals surface area contributed by atoms with Crippen molar-refractivity contribution in [1.29, 1.82) is 0 Å². The highest BCUT2D eigenvalue weighted by atomic mass is 16.6. The van der Waals surface area contributed by atoms with Crippen molar-refractivity contribution in [2.75, 3.05) is 4.90 Å². The molecule has 4 atom stereocenters. The predicted molar refractivity (Wildman–Crippen MR) is 172 cm³/mol. The lowest BCUT2D eigenvalue weighted by Gasteiger charge is -2.42. The summed E-state index contributed by atoms with van der Waals surface area (Å²) in [5.41, 5.74) is 6.61. The molecule has 45 heavy (non-hydrogen) atoms. The van der Waals surface area contributed by atoms with Gasteiger partial charge in [-0.15, -0.1) is 0 Å². The van der Waals surface area contributed by atoms with E-state index >= 15 is 0 Å². The number of amides is 2. The Morgan fingerprint density at radius 3 is 2.42 bits per heavy atom. The molecule has 3 aromatic carbocycles. The number of imide groups is 1. The molecule has 2 amide bonds. The molecule has 0 unspecified atom stereocenters. The van der Waals surface area contributed by atoms with Gasteiger partial charge in [-0.2, -0.15) is 0 Å². The van der Waals surface area contributed by atoms with Crippen molar-refractivity contribution in [3.8, 4) is 5.75 Å². The molecule has 0 aromatic heterocycles. The number of nitrogens with zero attached hydrogens (tertiary/aromatic N) is 2. The summed E-state index contributed by atoms with van der Waals surface area (Å²) in [6, 6.07) is 19.5. The van der Waals surface area contributed by atoms with Crippen LogP contribution in [0.4, 0.5) is 11.4 Å². The highest BCUT2D eigenvalue weighted by molar-refractivity contribution is 6.43. The number of aryl methyl sites for hydroxylation is 2. The molecule has 0 spiro atoms. The van der Waals surface area contributed by atoms with Gasteiger partial charge in [-0.1, -0.05) is 48.0 Å². The number of allylic oxidation sites excluding steroid dienone is 2. The summed E-state index contributed by atoms with van der Waals surface area (Å²) in [6.45, 7) is 5.72. The van der Waals surface area contributed by atoms with Crippen molar-refractivity contribution in [2.24, 2.45) is 17.8 Å². The summed E-state index contributed by atoms with van der Waals surface area (Å²) in [6.07, 6.45) is 3.40. The van der Waals surface area contributed by atoms with E-state index in [2.05, 4.69) is 6.08 Å². The molecule has 0 radical (unpaired) electrons. The number of anilines is 1. The van der Waals surface area contributed by atoms with Gasteiger partial charge in [0.05, 0.1) is 28.6 Å². The van der Waals surface area contributed by atoms with Crippen molar-refractivity contribution in [3.05, 3.63) is 110 Å². The summed E-state index contributed by atoms with van der Waals surface area (Å²) in [4.78, 5) is 39.5. The third-order valence-electron chi connectivity index (χ3n) is 9.43. The van der Waals surface area contributed by atoms with Gasteiger partial charge < -0.3 is 14.8 Å². The molecular weight excluding hydrogens is 571 g/mol. The first kappa shape index (κ1) is 30.5. The first-order valence-electron chi connectivity index (χ1n) is 15.2. The molecule has 2 fully saturated rings. The van der Waals surface area contributed by atoms with Crippen molar-refractivity contribution in [1.82, 2.24) is 0 Å². The van der Waals surface area contributed by atoms with E-state index in [1.165, 1.54) is 24.3 Å². The van der Waals surface area contributed by atoms with Crippen LogP contribution in [0.15, 0.2) is 77.9 Å². The van der Waals surface area contributed by atoms with Crippen LogP contribution in [0.5, 0.6) is 5.75 Å². The Hall–Kier alpha value is -4.54. The third kappa shape index (κ3) is 5.71. The minimum atomic E-state index is -1.10. The first-order valence-corrected chi connectivity index (χ1v) is 15.2. The second-order valence-electron chi connectivity index (χ2n) is 12.4. The molecule has 6 rings (SSSR count). The zero-order chi connectivity index (χ0) is 32.0. The van der Waals surface area contributed by atoms with Crippen molar-refractivity contribution >= 4 is 42.0 Å². The quantitative estimate of drug-likeness (QED) is 0.0811. The van der Waals surface area contributed by atoms with Crippen LogP contribution >= 0.6 is 0 Å². The van der Waals surface area contributed by atoms with Crippen LogP contribution in [-0.2, 0) is 14.2 Å². The topological polar surface area (TPSA) is 130 Å². The molecule has 2 saturated heterocycles. The largest absolute Gasteiger partial charge is 0.507 e. The van der Waals surface area contributed by atoms with E-state index < -0.39 is 35.9 Å². The Balaban J connectivity index is 1.30. The fourth-order valence-electron chi connectivity index (χ4n) is 7.43. The maximum Gasteiger partial charge on any atom is 0.455 e. The van der Waals surface area contributed by atoms with Gasteiger partial charge in [-0.25, -0.2) is 4.90 Å². The molecular formula is C35H35BN2O7. The fraction of sp³-hybridized carbons (Fsp3) is 0.314. The normalized spacial score (nSPS) is 23.3. The molecule has 1 aliphatic carbocycles. The minimum absolute atomic E-state index is 0.189. The van der Waals surface area contributed by atoms with Crippen LogP contribution in [0.3, 0.4) is 0 Å². The molecule has 2 N–H and O–H groups in total. The van der Waals surface area contributed by atoms with Crippen LogP contribution in [0, 0.1) is 41.7 Å². The third-order valence-corrected chi connectivity index (χ3v) is 9.43. The van der Waals surface area contributed by atoms with E-state index in [0.29, 0.717) is 19.3 Å². The number of phenolic OH excluding ortho intramolecular Hbond substituents is 1. The maximum atomic E-state index is 13.9. The highest BCUT2D eigenvalue weighted by Crippen LogP contribution is 2.51. The van der Waals surface area contributed by atoms with Gasteiger partial charge in [0.2, 0.25) is 11.8 Å². The zero-order valence-corrected chi connectivity index (χ0v) is 25.5. The SMILES string of the molecule is CC1=C2[C@@H](CC/C(=C/c3cc(C)c(O)c(C)c3)c3ccccc3)OB(O)C[C@@H]2[C@@H]2C(=O)N(c3cccc([N+](=O)[O-])c3)C(=O)[C@@H]2C1. The number of carbonyl (C=O) groups excluding carboxylic acids is 2. The summed E-state index contributed by atoms with van der Waals surface area (Å²) in [7, 11) is -1.10. The monoisotopic (exact) mass is 606 g/mol. The van der Waals surface area contributed by atoms with E-state index in [1.54, 1.807) is 0 Å². The van der Waals surface area contributed by atoms with Gasteiger partial charge >= 0.3 is 7.12 Å². The Morgan fingerprint density at radius 2 is 1.73 bits per heavy atom. The average Bonchev–Trinajstić information content (AvgIpc) is 3.26. The Labute approximate surface area is 262 Å². The van der Waals surface area contributed by atoms with Gasteiger partial charge in [0.15, 0.2) is 0 Å². The number of phenols is 1. The standard InChI is InChI=1S/C35H35BN2O7/c1-20-16-28-32(35(41)37(34(28)40)26-10-7-11-27(18-26)38(43)44)29-19-36(42)45-30(31(20)29)13-12-25(24-8-5-4-6-9-24)17-23-14-21(2)33(39)22(3)15-23/h4-11,14-15,17-18,28-30,32,39,42H,12-13,16,19H2,1-3H3/b25-17-/t28-,29+,30-,32-/m1/s1. The van der Waals surface area contributed by atoms with Crippen LogP contribution in [0.1, 0.15) is 48.4 Å². The lowest BCUT2D eigenvalue weighted by Crippen LogP contribution is -2.46. The molecule has 0 bridgehead atoms. The number of hydrogen-bond acceptors (Lipinski definition) is 7. The minimum Gasteiger partial charge on any atom is -0.507 e.